The highest BCUT2D eigenvalue weighted by atomic mass is 79.9. The third-order valence-electron chi connectivity index (χ3n) is 3.89. The summed E-state index contributed by atoms with van der Waals surface area (Å²) in [6.45, 7) is 9.71. The fourth-order valence-electron chi connectivity index (χ4n) is 2.45. The van der Waals surface area contributed by atoms with Crippen molar-refractivity contribution in [3.63, 3.8) is 0 Å². The van der Waals surface area contributed by atoms with Gasteiger partial charge < -0.3 is 15.1 Å². The van der Waals surface area contributed by atoms with Crippen LogP contribution in [0.25, 0.3) is 0 Å². The van der Waals surface area contributed by atoms with Crippen molar-refractivity contribution in [3.8, 4) is 0 Å². The number of benzene rings is 1. The maximum atomic E-state index is 3.73. The first-order chi connectivity index (χ1) is 9.11. The van der Waals surface area contributed by atoms with E-state index in [0.717, 1.165) is 32.7 Å². The summed E-state index contributed by atoms with van der Waals surface area (Å²) in [6, 6.07) is 7.32. The van der Waals surface area contributed by atoms with Gasteiger partial charge in [0, 0.05) is 36.7 Å². The average Bonchev–Trinajstić information content (AvgIpc) is 2.40. The number of nitrogens with zero attached hydrogens (tertiary/aromatic N) is 2. The van der Waals surface area contributed by atoms with Gasteiger partial charge in [-0.05, 0) is 54.1 Å². The zero-order chi connectivity index (χ0) is 13.8. The summed E-state index contributed by atoms with van der Waals surface area (Å²) < 4.78 is 1.21. The van der Waals surface area contributed by atoms with Crippen LogP contribution >= 0.6 is 15.9 Å². The van der Waals surface area contributed by atoms with E-state index >= 15 is 0 Å². The van der Waals surface area contributed by atoms with E-state index in [9.17, 15) is 0 Å². The number of hydrogen-bond acceptors (Lipinski definition) is 3. The molecule has 1 fully saturated rings. The molecule has 1 aromatic carbocycles. The highest BCUT2D eigenvalue weighted by Gasteiger charge is 2.21. The Labute approximate surface area is 125 Å². The third-order valence-corrected chi connectivity index (χ3v) is 4.53. The van der Waals surface area contributed by atoms with E-state index in [2.05, 4.69) is 70.1 Å². The van der Waals surface area contributed by atoms with Crippen molar-refractivity contribution in [2.45, 2.75) is 26.4 Å². The van der Waals surface area contributed by atoms with E-state index in [-0.39, 0.29) is 0 Å². The molecule has 0 amide bonds. The lowest BCUT2D eigenvalue weighted by Gasteiger charge is -2.39. The van der Waals surface area contributed by atoms with E-state index < -0.39 is 0 Å². The van der Waals surface area contributed by atoms with Gasteiger partial charge in [-0.1, -0.05) is 13.0 Å². The minimum atomic E-state index is 0.613. The molecule has 0 aliphatic carbocycles. The van der Waals surface area contributed by atoms with Crippen LogP contribution in [0.15, 0.2) is 22.7 Å². The lowest BCUT2D eigenvalue weighted by atomic mass is 10.1. The van der Waals surface area contributed by atoms with Crippen molar-refractivity contribution < 1.29 is 0 Å². The predicted octanol–water partition coefficient (Wildman–Crippen LogP) is 2.70. The monoisotopic (exact) mass is 325 g/mol. The van der Waals surface area contributed by atoms with Gasteiger partial charge in [-0.3, -0.25) is 0 Å². The molecule has 1 aliphatic rings. The predicted molar refractivity (Wildman–Crippen MR) is 85.8 cm³/mol. The highest BCUT2D eigenvalue weighted by molar-refractivity contribution is 9.10. The Morgan fingerprint density at radius 1 is 1.37 bits per heavy atom. The molecule has 1 heterocycles. The molecule has 0 radical (unpaired) electrons. The van der Waals surface area contributed by atoms with Gasteiger partial charge in [0.2, 0.25) is 0 Å². The molecule has 19 heavy (non-hydrogen) atoms. The van der Waals surface area contributed by atoms with Crippen molar-refractivity contribution >= 4 is 21.6 Å². The quantitative estimate of drug-likeness (QED) is 0.918. The van der Waals surface area contributed by atoms with E-state index in [0.29, 0.717) is 6.04 Å². The molecular weight excluding hydrogens is 302 g/mol. The zero-order valence-corrected chi connectivity index (χ0v) is 13.7. The van der Waals surface area contributed by atoms with Crippen LogP contribution in [-0.4, -0.2) is 44.2 Å². The normalized spacial score (nSPS) is 20.8. The Balaban J connectivity index is 2.08. The first kappa shape index (κ1) is 14.8. The molecule has 1 aliphatic heterocycles. The van der Waals surface area contributed by atoms with E-state index in [1.807, 2.05) is 0 Å². The van der Waals surface area contributed by atoms with E-state index in [1.54, 1.807) is 0 Å². The Bertz CT molecular complexity index is 422. The average molecular weight is 326 g/mol. The minimum absolute atomic E-state index is 0.613. The van der Waals surface area contributed by atoms with Crippen molar-refractivity contribution in [1.29, 1.82) is 0 Å². The van der Waals surface area contributed by atoms with Gasteiger partial charge in [0.05, 0.1) is 5.69 Å². The van der Waals surface area contributed by atoms with Gasteiger partial charge in [0.1, 0.15) is 0 Å². The lowest BCUT2D eigenvalue weighted by molar-refractivity contribution is 0.234. The van der Waals surface area contributed by atoms with E-state index in [1.165, 1.54) is 15.7 Å². The maximum Gasteiger partial charge on any atom is 0.0511 e. The lowest BCUT2D eigenvalue weighted by Crippen LogP contribution is -2.50. The molecule has 1 saturated heterocycles. The molecule has 2 rings (SSSR count). The Kier molecular flexibility index (Phi) is 5.25. The van der Waals surface area contributed by atoms with Crippen LogP contribution in [0.5, 0.6) is 0 Å². The van der Waals surface area contributed by atoms with Gasteiger partial charge in [0.25, 0.3) is 0 Å². The fraction of sp³-hybridized carbons (Fsp3) is 0.600. The largest absolute Gasteiger partial charge is 0.368 e. The maximum absolute atomic E-state index is 3.73. The number of rotatable bonds is 4. The molecule has 1 unspecified atom stereocenters. The molecule has 1 atom stereocenters. The van der Waals surface area contributed by atoms with Gasteiger partial charge >= 0.3 is 0 Å². The number of halogens is 1. The van der Waals surface area contributed by atoms with Crippen LogP contribution in [0.2, 0.25) is 0 Å². The third kappa shape index (κ3) is 3.71. The molecular formula is C15H24BrN3. The number of piperazine rings is 1. The van der Waals surface area contributed by atoms with Crippen molar-refractivity contribution in [2.24, 2.45) is 0 Å². The number of likely N-dealkylation sites (N-methyl/N-ethyl adjacent to an activating group) is 1. The first-order valence-electron chi connectivity index (χ1n) is 7.06. The molecule has 106 valence electrons. The first-order valence-corrected chi connectivity index (χ1v) is 7.85. The summed E-state index contributed by atoms with van der Waals surface area (Å²) in [6.07, 6.45) is 0. The summed E-state index contributed by atoms with van der Waals surface area (Å²) in [7, 11) is 2.20. The van der Waals surface area contributed by atoms with Crippen molar-refractivity contribution in [3.05, 3.63) is 28.2 Å². The SMILES string of the molecule is CCNCc1ccc(N2CCN(C)C(C)C2)c(Br)c1. The summed E-state index contributed by atoms with van der Waals surface area (Å²) >= 11 is 3.73. The second-order valence-electron chi connectivity index (χ2n) is 5.34. The Hall–Kier alpha value is -0.580. The summed E-state index contributed by atoms with van der Waals surface area (Å²) in [5.41, 5.74) is 2.65. The Morgan fingerprint density at radius 2 is 2.16 bits per heavy atom. The summed E-state index contributed by atoms with van der Waals surface area (Å²) in [5, 5.41) is 3.36. The van der Waals surface area contributed by atoms with Crippen LogP contribution in [-0.2, 0) is 6.54 Å². The van der Waals surface area contributed by atoms with Crippen molar-refractivity contribution in [1.82, 2.24) is 10.2 Å². The fourth-order valence-corrected chi connectivity index (χ4v) is 3.13. The smallest absolute Gasteiger partial charge is 0.0511 e. The van der Waals surface area contributed by atoms with Gasteiger partial charge in [-0.2, -0.15) is 0 Å². The molecule has 3 nitrogen and oxygen atoms in total. The van der Waals surface area contributed by atoms with Crippen LogP contribution < -0.4 is 10.2 Å². The standard InChI is InChI=1S/C15H24BrN3/c1-4-17-10-13-5-6-15(14(16)9-13)19-8-7-18(3)12(2)11-19/h5-6,9,12,17H,4,7-8,10-11H2,1-3H3. The molecule has 0 spiro atoms. The molecule has 0 saturated carbocycles. The minimum Gasteiger partial charge on any atom is -0.368 e. The molecule has 1 N–H and O–H groups in total. The highest BCUT2D eigenvalue weighted by Crippen LogP contribution is 2.29. The van der Waals surface area contributed by atoms with Crippen LogP contribution in [0.1, 0.15) is 19.4 Å². The van der Waals surface area contributed by atoms with Crippen molar-refractivity contribution in [2.75, 3.05) is 38.1 Å². The van der Waals surface area contributed by atoms with Crippen LogP contribution in [0.3, 0.4) is 0 Å². The topological polar surface area (TPSA) is 18.5 Å². The number of hydrogen-bond donors (Lipinski definition) is 1. The summed E-state index contributed by atoms with van der Waals surface area (Å²) in [5.74, 6) is 0. The molecule has 0 bridgehead atoms. The van der Waals surface area contributed by atoms with Gasteiger partial charge in [-0.25, -0.2) is 0 Å². The molecule has 1 aromatic rings. The Morgan fingerprint density at radius 3 is 2.79 bits per heavy atom. The second kappa shape index (κ2) is 6.73. The number of nitrogens with one attached hydrogen (secondary N) is 1. The zero-order valence-electron chi connectivity index (χ0n) is 12.1. The second-order valence-corrected chi connectivity index (χ2v) is 6.20. The number of anilines is 1. The molecule has 0 aromatic heterocycles. The van der Waals surface area contributed by atoms with Crippen LogP contribution in [0, 0.1) is 0 Å². The summed E-state index contributed by atoms with van der Waals surface area (Å²) in [4.78, 5) is 4.90. The van der Waals surface area contributed by atoms with E-state index in [4.69, 9.17) is 0 Å². The van der Waals surface area contributed by atoms with Crippen LogP contribution in [0.4, 0.5) is 5.69 Å². The van der Waals surface area contributed by atoms with Gasteiger partial charge in [0.15, 0.2) is 0 Å². The van der Waals surface area contributed by atoms with Gasteiger partial charge in [-0.15, -0.1) is 0 Å². The molecule has 4 heteroatoms.